The number of carbonyl (C=O) groups is 1. The molecule has 0 bridgehead atoms. The lowest BCUT2D eigenvalue weighted by Gasteiger charge is -2.03. The summed E-state index contributed by atoms with van der Waals surface area (Å²) in [5.41, 5.74) is 1.66. The first-order valence-corrected chi connectivity index (χ1v) is 6.19. The van der Waals surface area contributed by atoms with E-state index in [-0.39, 0.29) is 5.91 Å². The quantitative estimate of drug-likeness (QED) is 0.906. The number of rotatable bonds is 3. The molecule has 2 rings (SSSR count). The fourth-order valence-corrected chi connectivity index (χ4v) is 2.12. The highest BCUT2D eigenvalue weighted by atomic mass is 32.1. The summed E-state index contributed by atoms with van der Waals surface area (Å²) in [6, 6.07) is 3.71. The highest BCUT2D eigenvalue weighted by Crippen LogP contribution is 2.16. The molecule has 0 unspecified atom stereocenters. The molecule has 0 spiro atoms. The minimum absolute atomic E-state index is 0.153. The Hall–Kier alpha value is -1.69. The Bertz CT molecular complexity index is 543. The van der Waals surface area contributed by atoms with Gasteiger partial charge in [0.15, 0.2) is 0 Å². The van der Waals surface area contributed by atoms with E-state index < -0.39 is 0 Å². The van der Waals surface area contributed by atoms with Gasteiger partial charge in [0.25, 0.3) is 5.91 Å². The van der Waals surface area contributed by atoms with Crippen molar-refractivity contribution >= 4 is 22.4 Å². The summed E-state index contributed by atoms with van der Waals surface area (Å²) in [4.78, 5) is 12.0. The predicted octanol–water partition coefficient (Wildman–Crippen LogP) is 2.00. The van der Waals surface area contributed by atoms with E-state index in [0.29, 0.717) is 10.8 Å². The standard InChI is InChI=1S/C11H14N4OS/c1-4-9-13-14-11(17-9)12-10(16)8-6-5-7(2)15(8)3/h5-6H,4H2,1-3H3,(H,12,14,16). The van der Waals surface area contributed by atoms with Crippen LogP contribution in [0.2, 0.25) is 0 Å². The molecule has 0 fully saturated rings. The summed E-state index contributed by atoms with van der Waals surface area (Å²) < 4.78 is 1.84. The molecular formula is C11H14N4OS. The smallest absolute Gasteiger partial charge is 0.274 e. The maximum absolute atomic E-state index is 12.0. The predicted molar refractivity (Wildman–Crippen MR) is 67.4 cm³/mol. The average molecular weight is 250 g/mol. The second kappa shape index (κ2) is 4.67. The van der Waals surface area contributed by atoms with Crippen molar-refractivity contribution in [1.29, 1.82) is 0 Å². The van der Waals surface area contributed by atoms with Crippen LogP contribution in [-0.2, 0) is 13.5 Å². The summed E-state index contributed by atoms with van der Waals surface area (Å²) in [5, 5.41) is 12.1. The van der Waals surface area contributed by atoms with Gasteiger partial charge in [0, 0.05) is 12.7 Å². The molecule has 0 atom stereocenters. The lowest BCUT2D eigenvalue weighted by molar-refractivity contribution is 0.101. The Morgan fingerprint density at radius 3 is 2.76 bits per heavy atom. The number of nitrogens with zero attached hydrogens (tertiary/aromatic N) is 3. The first kappa shape index (κ1) is 11.8. The van der Waals surface area contributed by atoms with Crippen molar-refractivity contribution < 1.29 is 4.79 Å². The third kappa shape index (κ3) is 2.36. The zero-order chi connectivity index (χ0) is 12.4. The number of hydrogen-bond acceptors (Lipinski definition) is 4. The Morgan fingerprint density at radius 2 is 2.24 bits per heavy atom. The van der Waals surface area contributed by atoms with Crippen molar-refractivity contribution in [3.8, 4) is 0 Å². The first-order valence-electron chi connectivity index (χ1n) is 5.38. The molecule has 90 valence electrons. The van der Waals surface area contributed by atoms with Gasteiger partial charge in [-0.1, -0.05) is 18.3 Å². The van der Waals surface area contributed by atoms with E-state index in [2.05, 4.69) is 15.5 Å². The van der Waals surface area contributed by atoms with Gasteiger partial charge in [-0.3, -0.25) is 10.1 Å². The van der Waals surface area contributed by atoms with Gasteiger partial charge in [-0.05, 0) is 25.5 Å². The lowest BCUT2D eigenvalue weighted by Crippen LogP contribution is -2.15. The van der Waals surface area contributed by atoms with E-state index in [1.54, 1.807) is 6.07 Å². The molecule has 0 radical (unpaired) electrons. The summed E-state index contributed by atoms with van der Waals surface area (Å²) in [7, 11) is 1.86. The van der Waals surface area contributed by atoms with E-state index in [4.69, 9.17) is 0 Å². The Balaban J connectivity index is 2.14. The van der Waals surface area contributed by atoms with Crippen molar-refractivity contribution in [1.82, 2.24) is 14.8 Å². The van der Waals surface area contributed by atoms with E-state index in [1.807, 2.05) is 31.5 Å². The maximum Gasteiger partial charge on any atom is 0.274 e. The number of nitrogens with one attached hydrogen (secondary N) is 1. The fraction of sp³-hybridized carbons (Fsp3) is 0.364. The molecule has 2 aromatic rings. The van der Waals surface area contributed by atoms with Gasteiger partial charge in [-0.25, -0.2) is 0 Å². The largest absolute Gasteiger partial charge is 0.344 e. The van der Waals surface area contributed by atoms with Gasteiger partial charge in [0.1, 0.15) is 10.7 Å². The molecule has 0 saturated heterocycles. The van der Waals surface area contributed by atoms with Crippen LogP contribution in [0.4, 0.5) is 5.13 Å². The molecule has 5 nitrogen and oxygen atoms in total. The number of anilines is 1. The van der Waals surface area contributed by atoms with Gasteiger partial charge < -0.3 is 4.57 Å². The Labute approximate surface area is 103 Å². The maximum atomic E-state index is 12.0. The summed E-state index contributed by atoms with van der Waals surface area (Å²) in [6.45, 7) is 3.96. The molecule has 0 saturated carbocycles. The van der Waals surface area contributed by atoms with Crippen molar-refractivity contribution in [2.24, 2.45) is 7.05 Å². The van der Waals surface area contributed by atoms with Crippen LogP contribution < -0.4 is 5.32 Å². The molecule has 1 N–H and O–H groups in total. The minimum Gasteiger partial charge on any atom is -0.344 e. The Kier molecular flexibility index (Phi) is 3.23. The first-order chi connectivity index (χ1) is 8.11. The molecular weight excluding hydrogens is 236 g/mol. The van der Waals surface area contributed by atoms with Crippen LogP contribution in [0.5, 0.6) is 0 Å². The molecule has 2 aromatic heterocycles. The van der Waals surface area contributed by atoms with Crippen LogP contribution in [0.1, 0.15) is 28.1 Å². The van der Waals surface area contributed by atoms with Crippen molar-refractivity contribution in [2.75, 3.05) is 5.32 Å². The van der Waals surface area contributed by atoms with Gasteiger partial charge in [-0.2, -0.15) is 0 Å². The fourth-order valence-electron chi connectivity index (χ4n) is 1.45. The minimum atomic E-state index is -0.153. The summed E-state index contributed by atoms with van der Waals surface area (Å²) in [5.74, 6) is -0.153. The molecule has 0 aliphatic rings. The van der Waals surface area contributed by atoms with Crippen molar-refractivity contribution in [3.63, 3.8) is 0 Å². The summed E-state index contributed by atoms with van der Waals surface area (Å²) in [6.07, 6.45) is 0.830. The number of hydrogen-bond donors (Lipinski definition) is 1. The van der Waals surface area contributed by atoms with Crippen LogP contribution in [0.25, 0.3) is 0 Å². The number of carbonyl (C=O) groups excluding carboxylic acids is 1. The highest BCUT2D eigenvalue weighted by molar-refractivity contribution is 7.15. The number of aryl methyl sites for hydroxylation is 2. The van der Waals surface area contributed by atoms with E-state index in [0.717, 1.165) is 17.1 Å². The zero-order valence-corrected chi connectivity index (χ0v) is 10.8. The third-order valence-electron chi connectivity index (χ3n) is 2.60. The molecule has 1 amide bonds. The molecule has 0 aromatic carbocycles. The van der Waals surface area contributed by atoms with Crippen LogP contribution in [0, 0.1) is 6.92 Å². The van der Waals surface area contributed by atoms with E-state index in [9.17, 15) is 4.79 Å². The normalized spacial score (nSPS) is 10.5. The Morgan fingerprint density at radius 1 is 1.47 bits per heavy atom. The molecule has 0 aliphatic carbocycles. The summed E-state index contributed by atoms with van der Waals surface area (Å²) >= 11 is 1.41. The monoisotopic (exact) mass is 250 g/mol. The number of amides is 1. The van der Waals surface area contributed by atoms with Gasteiger partial charge in [-0.15, -0.1) is 10.2 Å². The average Bonchev–Trinajstić information content (AvgIpc) is 2.88. The lowest BCUT2D eigenvalue weighted by atomic mass is 10.4. The van der Waals surface area contributed by atoms with Gasteiger partial charge in [0.05, 0.1) is 0 Å². The van der Waals surface area contributed by atoms with E-state index >= 15 is 0 Å². The van der Waals surface area contributed by atoms with Crippen molar-refractivity contribution in [3.05, 3.63) is 28.5 Å². The molecule has 6 heteroatoms. The SMILES string of the molecule is CCc1nnc(NC(=O)c2ccc(C)n2C)s1. The highest BCUT2D eigenvalue weighted by Gasteiger charge is 2.13. The zero-order valence-electron chi connectivity index (χ0n) is 10.0. The topological polar surface area (TPSA) is 59.8 Å². The van der Waals surface area contributed by atoms with E-state index in [1.165, 1.54) is 11.3 Å². The van der Waals surface area contributed by atoms with Crippen LogP contribution in [-0.4, -0.2) is 20.7 Å². The van der Waals surface area contributed by atoms with Gasteiger partial charge in [0.2, 0.25) is 5.13 Å². The molecule has 2 heterocycles. The van der Waals surface area contributed by atoms with Gasteiger partial charge >= 0.3 is 0 Å². The second-order valence-corrected chi connectivity index (χ2v) is 4.79. The molecule has 0 aliphatic heterocycles. The van der Waals surface area contributed by atoms with Crippen LogP contribution >= 0.6 is 11.3 Å². The third-order valence-corrected chi connectivity index (χ3v) is 3.58. The number of aromatic nitrogens is 3. The van der Waals surface area contributed by atoms with Crippen molar-refractivity contribution in [2.45, 2.75) is 20.3 Å². The second-order valence-electron chi connectivity index (χ2n) is 3.73. The molecule has 17 heavy (non-hydrogen) atoms. The van der Waals surface area contributed by atoms with Crippen LogP contribution in [0.15, 0.2) is 12.1 Å². The van der Waals surface area contributed by atoms with Crippen LogP contribution in [0.3, 0.4) is 0 Å².